The maximum Gasteiger partial charge on any atom is 0.307 e. The van der Waals surface area contributed by atoms with E-state index in [-0.39, 0.29) is 29.5 Å². The standard InChI is InChI=1S/C24H21NO5/c1-14(30-21(26)12-15-6-2-3-7-15)24(29)25-16-10-11-19-20(13-16)23(28)18-9-5-4-8-17(18)22(19)27/h2,4-6,8-11,13-15H,3,7,12H2,1H3,(H,25,29)/t14-,15-/m1/s1. The number of ketones is 2. The normalized spacial score (nSPS) is 17.8. The summed E-state index contributed by atoms with van der Waals surface area (Å²) < 4.78 is 5.24. The molecule has 4 rings (SSSR count). The van der Waals surface area contributed by atoms with Crippen molar-refractivity contribution in [1.29, 1.82) is 0 Å². The van der Waals surface area contributed by atoms with Crippen LogP contribution in [-0.4, -0.2) is 29.5 Å². The number of anilines is 1. The van der Waals surface area contributed by atoms with Crippen LogP contribution in [0, 0.1) is 5.92 Å². The Kier molecular flexibility index (Phi) is 5.31. The maximum absolute atomic E-state index is 12.8. The quantitative estimate of drug-likeness (QED) is 0.518. The monoisotopic (exact) mass is 403 g/mol. The topological polar surface area (TPSA) is 89.5 Å². The molecule has 1 amide bonds. The highest BCUT2D eigenvalue weighted by Crippen LogP contribution is 2.29. The highest BCUT2D eigenvalue weighted by molar-refractivity contribution is 6.28. The number of carbonyl (C=O) groups excluding carboxylic acids is 4. The number of allylic oxidation sites excluding steroid dienone is 2. The molecule has 2 aliphatic carbocycles. The second-order valence-electron chi connectivity index (χ2n) is 7.56. The van der Waals surface area contributed by atoms with Gasteiger partial charge in [0.15, 0.2) is 17.7 Å². The largest absolute Gasteiger partial charge is 0.453 e. The SMILES string of the molecule is C[C@@H](OC(=O)C[C@@H]1C=CCC1)C(=O)Nc1ccc2c(c1)C(=O)c1ccccc1C2=O. The second kappa shape index (κ2) is 8.06. The van der Waals surface area contributed by atoms with E-state index in [9.17, 15) is 19.2 Å². The molecule has 0 bridgehead atoms. The highest BCUT2D eigenvalue weighted by atomic mass is 16.5. The van der Waals surface area contributed by atoms with E-state index in [4.69, 9.17) is 4.74 Å². The lowest BCUT2D eigenvalue weighted by Gasteiger charge is -2.19. The zero-order chi connectivity index (χ0) is 21.3. The lowest BCUT2D eigenvalue weighted by molar-refractivity contribution is -0.153. The Morgan fingerprint density at radius 2 is 1.70 bits per heavy atom. The van der Waals surface area contributed by atoms with E-state index >= 15 is 0 Å². The minimum atomic E-state index is -0.975. The third kappa shape index (κ3) is 3.81. The summed E-state index contributed by atoms with van der Waals surface area (Å²) in [5.41, 5.74) is 1.64. The van der Waals surface area contributed by atoms with Crippen molar-refractivity contribution in [2.75, 3.05) is 5.32 Å². The first-order chi connectivity index (χ1) is 14.4. The van der Waals surface area contributed by atoms with Crippen molar-refractivity contribution in [2.24, 2.45) is 5.92 Å². The van der Waals surface area contributed by atoms with E-state index in [1.807, 2.05) is 12.2 Å². The van der Waals surface area contributed by atoms with Crippen LogP contribution in [0.3, 0.4) is 0 Å². The van der Waals surface area contributed by atoms with Crippen LogP contribution in [0.25, 0.3) is 0 Å². The van der Waals surface area contributed by atoms with E-state index in [1.54, 1.807) is 30.3 Å². The number of nitrogens with one attached hydrogen (secondary N) is 1. The van der Waals surface area contributed by atoms with Crippen LogP contribution in [0.1, 0.15) is 58.0 Å². The molecule has 0 heterocycles. The number of ether oxygens (including phenoxy) is 1. The number of benzene rings is 2. The minimum Gasteiger partial charge on any atom is -0.453 e. The molecule has 0 spiro atoms. The molecule has 2 atom stereocenters. The van der Waals surface area contributed by atoms with Gasteiger partial charge in [-0.25, -0.2) is 0 Å². The Morgan fingerprint density at radius 3 is 2.37 bits per heavy atom. The molecule has 0 saturated heterocycles. The summed E-state index contributed by atoms with van der Waals surface area (Å²) in [6, 6.07) is 11.3. The van der Waals surface area contributed by atoms with E-state index in [2.05, 4.69) is 5.32 Å². The zero-order valence-electron chi connectivity index (χ0n) is 16.5. The van der Waals surface area contributed by atoms with Crippen LogP contribution in [0.15, 0.2) is 54.6 Å². The fraction of sp³-hybridized carbons (Fsp3) is 0.250. The average molecular weight is 403 g/mol. The van der Waals surface area contributed by atoms with Crippen molar-refractivity contribution in [3.05, 3.63) is 76.9 Å². The minimum absolute atomic E-state index is 0.167. The van der Waals surface area contributed by atoms with E-state index < -0.39 is 18.0 Å². The molecule has 0 unspecified atom stereocenters. The third-order valence-corrected chi connectivity index (χ3v) is 5.41. The van der Waals surface area contributed by atoms with Gasteiger partial charge in [0.1, 0.15) is 0 Å². The number of esters is 1. The summed E-state index contributed by atoms with van der Waals surface area (Å²) in [6.45, 7) is 1.50. The highest BCUT2D eigenvalue weighted by Gasteiger charge is 2.30. The summed E-state index contributed by atoms with van der Waals surface area (Å²) in [6.07, 6.45) is 5.18. The lowest BCUT2D eigenvalue weighted by Crippen LogP contribution is -2.30. The number of hydrogen-bond acceptors (Lipinski definition) is 5. The van der Waals surface area contributed by atoms with Gasteiger partial charge < -0.3 is 10.1 Å². The molecule has 0 saturated carbocycles. The molecule has 0 aromatic heterocycles. The van der Waals surface area contributed by atoms with E-state index in [0.717, 1.165) is 12.8 Å². The molecule has 0 radical (unpaired) electrons. The predicted octanol–water partition coefficient (Wildman–Crippen LogP) is 3.69. The van der Waals surface area contributed by atoms with Gasteiger partial charge in [0.05, 0.1) is 6.42 Å². The van der Waals surface area contributed by atoms with E-state index in [1.165, 1.54) is 19.1 Å². The molecule has 152 valence electrons. The maximum atomic E-state index is 12.8. The first-order valence-corrected chi connectivity index (χ1v) is 9.93. The third-order valence-electron chi connectivity index (χ3n) is 5.41. The van der Waals surface area contributed by atoms with Crippen molar-refractivity contribution in [3.8, 4) is 0 Å². The van der Waals surface area contributed by atoms with Crippen LogP contribution >= 0.6 is 0 Å². The molecule has 1 N–H and O–H groups in total. The predicted molar refractivity (Wildman–Crippen MR) is 110 cm³/mol. The average Bonchev–Trinajstić information content (AvgIpc) is 3.24. The van der Waals surface area contributed by atoms with Crippen LogP contribution in [0.2, 0.25) is 0 Å². The summed E-state index contributed by atoms with van der Waals surface area (Å²) >= 11 is 0. The summed E-state index contributed by atoms with van der Waals surface area (Å²) in [5.74, 6) is -1.24. The Balaban J connectivity index is 1.44. The number of fused-ring (bicyclic) bond motifs is 2. The molecule has 6 heteroatoms. The fourth-order valence-corrected chi connectivity index (χ4v) is 3.80. The van der Waals surface area contributed by atoms with Gasteiger partial charge in [-0.15, -0.1) is 0 Å². The molecule has 2 aromatic rings. The molecule has 2 aromatic carbocycles. The van der Waals surface area contributed by atoms with Gasteiger partial charge >= 0.3 is 5.97 Å². The fourth-order valence-electron chi connectivity index (χ4n) is 3.80. The number of rotatable bonds is 5. The van der Waals surface area contributed by atoms with Gasteiger partial charge in [0, 0.05) is 27.9 Å². The Hall–Kier alpha value is -3.54. The number of amides is 1. The van der Waals surface area contributed by atoms with Crippen molar-refractivity contribution in [1.82, 2.24) is 0 Å². The Bertz CT molecular complexity index is 1080. The van der Waals surface area contributed by atoms with Crippen molar-refractivity contribution in [3.63, 3.8) is 0 Å². The Labute approximate surface area is 173 Å². The van der Waals surface area contributed by atoms with Gasteiger partial charge in [-0.3, -0.25) is 19.2 Å². The molecule has 0 fully saturated rings. The molecule has 0 aliphatic heterocycles. The van der Waals surface area contributed by atoms with E-state index in [0.29, 0.717) is 22.4 Å². The molecule has 2 aliphatic rings. The van der Waals surface area contributed by atoms with Gasteiger partial charge in [-0.1, -0.05) is 36.4 Å². The molecular formula is C24H21NO5. The first kappa shape index (κ1) is 19.8. The van der Waals surface area contributed by atoms with Crippen LogP contribution in [-0.2, 0) is 14.3 Å². The number of hydrogen-bond donors (Lipinski definition) is 1. The van der Waals surface area contributed by atoms with Gasteiger partial charge in [0.25, 0.3) is 5.91 Å². The molecule has 30 heavy (non-hydrogen) atoms. The van der Waals surface area contributed by atoms with Crippen molar-refractivity contribution < 1.29 is 23.9 Å². The van der Waals surface area contributed by atoms with Gasteiger partial charge in [-0.05, 0) is 43.9 Å². The van der Waals surface area contributed by atoms with Crippen molar-refractivity contribution >= 4 is 29.1 Å². The van der Waals surface area contributed by atoms with Gasteiger partial charge in [0.2, 0.25) is 0 Å². The molecule has 6 nitrogen and oxygen atoms in total. The zero-order valence-corrected chi connectivity index (χ0v) is 16.5. The summed E-state index contributed by atoms with van der Waals surface area (Å²) in [4.78, 5) is 49.9. The van der Waals surface area contributed by atoms with Crippen LogP contribution in [0.4, 0.5) is 5.69 Å². The number of carbonyl (C=O) groups is 4. The summed E-state index contributed by atoms with van der Waals surface area (Å²) in [7, 11) is 0. The smallest absolute Gasteiger partial charge is 0.307 e. The van der Waals surface area contributed by atoms with Crippen LogP contribution in [0.5, 0.6) is 0 Å². The van der Waals surface area contributed by atoms with Crippen LogP contribution < -0.4 is 5.32 Å². The lowest BCUT2D eigenvalue weighted by atomic mass is 9.84. The Morgan fingerprint density at radius 1 is 1.03 bits per heavy atom. The summed E-state index contributed by atoms with van der Waals surface area (Å²) in [5, 5.41) is 2.66. The van der Waals surface area contributed by atoms with Crippen molar-refractivity contribution in [2.45, 2.75) is 32.3 Å². The first-order valence-electron chi connectivity index (χ1n) is 9.93. The second-order valence-corrected chi connectivity index (χ2v) is 7.56. The van der Waals surface area contributed by atoms with Gasteiger partial charge in [-0.2, -0.15) is 0 Å². The molecular weight excluding hydrogens is 382 g/mol.